The summed E-state index contributed by atoms with van der Waals surface area (Å²) in [7, 11) is 0. The van der Waals surface area contributed by atoms with Gasteiger partial charge in [0.25, 0.3) is 5.56 Å². The number of carbonyl (C=O) groups excluding carboxylic acids is 1. The summed E-state index contributed by atoms with van der Waals surface area (Å²) >= 11 is 0. The summed E-state index contributed by atoms with van der Waals surface area (Å²) in [6.07, 6.45) is 6.36. The molecular weight excluding hydrogens is 296 g/mol. The number of pyridine rings is 1. The molecule has 116 valence electrons. The quantitative estimate of drug-likeness (QED) is 0.765. The third-order valence-electron chi connectivity index (χ3n) is 3.21. The third kappa shape index (κ3) is 3.70. The van der Waals surface area contributed by atoms with Gasteiger partial charge in [0.15, 0.2) is 0 Å². The fraction of sp³-hybridized carbons (Fsp3) is 0.125. The standard InChI is InChI=1S/C16H14N4O3/c21-15(10-20-16(22)2-1-6-19-20)18-9-12-3-4-14(17-8-12)13-5-7-23-11-13/h1-8,11H,9-10H2,(H,18,21). The van der Waals surface area contributed by atoms with Crippen LogP contribution in [0.3, 0.4) is 0 Å². The van der Waals surface area contributed by atoms with Gasteiger partial charge < -0.3 is 9.73 Å². The molecule has 7 heteroatoms. The van der Waals surface area contributed by atoms with E-state index in [1.54, 1.807) is 18.7 Å². The van der Waals surface area contributed by atoms with Gasteiger partial charge in [-0.05, 0) is 23.8 Å². The van der Waals surface area contributed by atoms with Crippen molar-refractivity contribution in [1.29, 1.82) is 0 Å². The van der Waals surface area contributed by atoms with Gasteiger partial charge in [0.05, 0.1) is 18.2 Å². The maximum Gasteiger partial charge on any atom is 0.267 e. The fourth-order valence-electron chi connectivity index (χ4n) is 2.01. The number of nitrogens with zero attached hydrogens (tertiary/aromatic N) is 3. The normalized spacial score (nSPS) is 10.4. The molecule has 3 aromatic heterocycles. The van der Waals surface area contributed by atoms with E-state index in [9.17, 15) is 9.59 Å². The second-order valence-corrected chi connectivity index (χ2v) is 4.86. The van der Waals surface area contributed by atoms with Crippen LogP contribution in [0.25, 0.3) is 11.3 Å². The van der Waals surface area contributed by atoms with Crippen LogP contribution in [0.1, 0.15) is 5.56 Å². The van der Waals surface area contributed by atoms with Gasteiger partial charge in [-0.25, -0.2) is 4.68 Å². The summed E-state index contributed by atoms with van der Waals surface area (Å²) in [5.74, 6) is -0.287. The first-order chi connectivity index (χ1) is 11.2. The number of carbonyl (C=O) groups is 1. The summed E-state index contributed by atoms with van der Waals surface area (Å²) in [5.41, 5.74) is 2.25. The number of hydrogen-bond donors (Lipinski definition) is 1. The molecule has 23 heavy (non-hydrogen) atoms. The molecule has 0 saturated heterocycles. The van der Waals surface area contributed by atoms with E-state index in [1.165, 1.54) is 18.3 Å². The van der Waals surface area contributed by atoms with Crippen LogP contribution in [0.5, 0.6) is 0 Å². The van der Waals surface area contributed by atoms with Crippen molar-refractivity contribution in [3.63, 3.8) is 0 Å². The van der Waals surface area contributed by atoms with Crippen molar-refractivity contribution >= 4 is 5.91 Å². The van der Waals surface area contributed by atoms with Crippen molar-refractivity contribution in [2.45, 2.75) is 13.1 Å². The predicted molar refractivity (Wildman–Crippen MR) is 82.3 cm³/mol. The van der Waals surface area contributed by atoms with E-state index in [-0.39, 0.29) is 18.0 Å². The van der Waals surface area contributed by atoms with Gasteiger partial charge >= 0.3 is 0 Å². The minimum Gasteiger partial charge on any atom is -0.472 e. The molecule has 0 saturated carbocycles. The Kier molecular flexibility index (Phi) is 4.28. The Morgan fingerprint density at radius 2 is 2.17 bits per heavy atom. The lowest BCUT2D eigenvalue weighted by Gasteiger charge is -2.06. The van der Waals surface area contributed by atoms with Gasteiger partial charge in [0.2, 0.25) is 5.91 Å². The second-order valence-electron chi connectivity index (χ2n) is 4.86. The molecule has 0 bridgehead atoms. The molecule has 1 amide bonds. The zero-order chi connectivity index (χ0) is 16.1. The number of aromatic nitrogens is 3. The zero-order valence-corrected chi connectivity index (χ0v) is 12.2. The predicted octanol–water partition coefficient (Wildman–Crippen LogP) is 1.21. The molecule has 0 unspecified atom stereocenters. The zero-order valence-electron chi connectivity index (χ0n) is 12.2. The van der Waals surface area contributed by atoms with Crippen molar-refractivity contribution in [3.8, 4) is 11.3 Å². The van der Waals surface area contributed by atoms with E-state index in [4.69, 9.17) is 4.42 Å². The summed E-state index contributed by atoms with van der Waals surface area (Å²) in [4.78, 5) is 27.6. The van der Waals surface area contributed by atoms with Crippen molar-refractivity contribution in [2.75, 3.05) is 0 Å². The first-order valence-corrected chi connectivity index (χ1v) is 6.99. The highest BCUT2D eigenvalue weighted by atomic mass is 16.3. The third-order valence-corrected chi connectivity index (χ3v) is 3.21. The lowest BCUT2D eigenvalue weighted by atomic mass is 10.2. The molecule has 3 heterocycles. The molecule has 0 fully saturated rings. The SMILES string of the molecule is O=C(Cn1ncccc1=O)NCc1ccc(-c2ccoc2)nc1. The molecule has 0 aliphatic rings. The van der Waals surface area contributed by atoms with E-state index in [0.29, 0.717) is 6.54 Å². The van der Waals surface area contributed by atoms with Crippen LogP contribution in [-0.2, 0) is 17.9 Å². The van der Waals surface area contributed by atoms with Gasteiger partial charge in [-0.2, -0.15) is 5.10 Å². The molecular formula is C16H14N4O3. The monoisotopic (exact) mass is 310 g/mol. The summed E-state index contributed by atoms with van der Waals surface area (Å²) in [6, 6.07) is 8.45. The Morgan fingerprint density at radius 1 is 1.26 bits per heavy atom. The molecule has 0 radical (unpaired) electrons. The van der Waals surface area contributed by atoms with E-state index in [0.717, 1.165) is 21.5 Å². The molecule has 0 atom stereocenters. The molecule has 0 spiro atoms. The van der Waals surface area contributed by atoms with Gasteiger partial charge in [0.1, 0.15) is 6.54 Å². The van der Waals surface area contributed by atoms with Gasteiger partial charge in [-0.3, -0.25) is 14.6 Å². The smallest absolute Gasteiger partial charge is 0.267 e. The first-order valence-electron chi connectivity index (χ1n) is 6.99. The van der Waals surface area contributed by atoms with Gasteiger partial charge in [0, 0.05) is 30.6 Å². The highest BCUT2D eigenvalue weighted by Gasteiger charge is 2.06. The van der Waals surface area contributed by atoms with Crippen LogP contribution >= 0.6 is 0 Å². The Bertz CT molecular complexity index is 838. The minimum absolute atomic E-state index is 0.111. The summed E-state index contributed by atoms with van der Waals surface area (Å²) in [6.45, 7) is 0.222. The van der Waals surface area contributed by atoms with Crippen molar-refractivity contribution in [2.24, 2.45) is 0 Å². The Morgan fingerprint density at radius 3 is 2.87 bits per heavy atom. The molecule has 0 aliphatic carbocycles. The van der Waals surface area contributed by atoms with Crippen LogP contribution < -0.4 is 10.9 Å². The Hall–Kier alpha value is -3.22. The first kappa shape index (κ1) is 14.7. The van der Waals surface area contributed by atoms with E-state index < -0.39 is 0 Å². The number of nitrogens with one attached hydrogen (secondary N) is 1. The van der Waals surface area contributed by atoms with E-state index in [2.05, 4.69) is 15.4 Å². The fourth-order valence-corrected chi connectivity index (χ4v) is 2.01. The van der Waals surface area contributed by atoms with Crippen LogP contribution in [-0.4, -0.2) is 20.7 Å². The van der Waals surface area contributed by atoms with Crippen LogP contribution in [0.4, 0.5) is 0 Å². The average Bonchev–Trinajstić information content (AvgIpc) is 3.10. The van der Waals surface area contributed by atoms with E-state index >= 15 is 0 Å². The largest absolute Gasteiger partial charge is 0.472 e. The Labute approximate surface area is 131 Å². The Balaban J connectivity index is 1.57. The summed E-state index contributed by atoms with van der Waals surface area (Å²) < 4.78 is 6.12. The van der Waals surface area contributed by atoms with Crippen LogP contribution in [0.2, 0.25) is 0 Å². The molecule has 0 aromatic carbocycles. The number of amides is 1. The molecule has 0 aliphatic heterocycles. The highest BCUT2D eigenvalue weighted by Crippen LogP contribution is 2.16. The maximum absolute atomic E-state index is 11.8. The van der Waals surface area contributed by atoms with Crippen molar-refractivity contribution < 1.29 is 9.21 Å². The molecule has 7 nitrogen and oxygen atoms in total. The minimum atomic E-state index is -0.311. The van der Waals surface area contributed by atoms with E-state index in [1.807, 2.05) is 18.2 Å². The van der Waals surface area contributed by atoms with Crippen LogP contribution in [0, 0.1) is 0 Å². The molecule has 1 N–H and O–H groups in total. The van der Waals surface area contributed by atoms with Gasteiger partial charge in [-0.15, -0.1) is 0 Å². The van der Waals surface area contributed by atoms with Gasteiger partial charge in [-0.1, -0.05) is 6.07 Å². The number of rotatable bonds is 5. The lowest BCUT2D eigenvalue weighted by molar-refractivity contribution is -0.122. The average molecular weight is 310 g/mol. The second kappa shape index (κ2) is 6.69. The molecule has 3 rings (SSSR count). The highest BCUT2D eigenvalue weighted by molar-refractivity contribution is 5.75. The lowest BCUT2D eigenvalue weighted by Crippen LogP contribution is -2.32. The number of furan rings is 1. The molecule has 3 aromatic rings. The van der Waals surface area contributed by atoms with Crippen molar-refractivity contribution in [1.82, 2.24) is 20.1 Å². The van der Waals surface area contributed by atoms with Crippen molar-refractivity contribution in [3.05, 3.63) is 71.2 Å². The maximum atomic E-state index is 11.8. The van der Waals surface area contributed by atoms with Crippen LogP contribution in [0.15, 0.2) is 64.5 Å². The summed E-state index contributed by atoms with van der Waals surface area (Å²) in [5, 5.41) is 6.57. The topological polar surface area (TPSA) is 90.0 Å². The number of hydrogen-bond acceptors (Lipinski definition) is 5.